The maximum atomic E-state index is 11.5. The van der Waals surface area contributed by atoms with Gasteiger partial charge in [-0.15, -0.1) is 6.58 Å². The van der Waals surface area contributed by atoms with E-state index in [-0.39, 0.29) is 0 Å². The van der Waals surface area contributed by atoms with Crippen LogP contribution in [0, 0.1) is 13.8 Å². The molecule has 0 spiro atoms. The summed E-state index contributed by atoms with van der Waals surface area (Å²) in [5.74, 6) is -0.421. The van der Waals surface area contributed by atoms with Crippen molar-refractivity contribution in [2.45, 2.75) is 25.2 Å². The minimum atomic E-state index is -4.51. The molecule has 0 saturated carbocycles. The molecule has 4 nitrogen and oxygen atoms in total. The molecule has 5 heteroatoms. The number of aromatic hydroxyl groups is 1. The molecule has 0 saturated heterocycles. The highest BCUT2D eigenvalue weighted by molar-refractivity contribution is 7.86. The molecular formula is C17H18O4S. The fraction of sp³-hybridized carbons (Fsp3) is 0.176. The Balaban J connectivity index is 2.81. The molecule has 0 unspecified atom stereocenters. The summed E-state index contributed by atoms with van der Waals surface area (Å²) in [6.45, 7) is 7.39. The average Bonchev–Trinajstić information content (AvgIpc) is 2.43. The van der Waals surface area contributed by atoms with E-state index in [1.807, 2.05) is 38.1 Å². The van der Waals surface area contributed by atoms with Crippen LogP contribution in [0.4, 0.5) is 0 Å². The standard InChI is InChI=1S/C17H18O4S/c1-4-5-14-12(3)15(13-8-6-11(2)7-9-13)10-16(17(14)18)22(19,20)21/h4,6-10,18H,1,5H2,2-3H3,(H,19,20,21). The van der Waals surface area contributed by atoms with Gasteiger partial charge in [-0.2, -0.15) is 8.42 Å². The molecular weight excluding hydrogens is 300 g/mol. The highest BCUT2D eigenvalue weighted by Crippen LogP contribution is 2.37. The Labute approximate surface area is 130 Å². The van der Waals surface area contributed by atoms with Crippen LogP contribution in [-0.2, 0) is 16.5 Å². The topological polar surface area (TPSA) is 74.6 Å². The van der Waals surface area contributed by atoms with Crippen LogP contribution in [0.3, 0.4) is 0 Å². The van der Waals surface area contributed by atoms with Crippen molar-refractivity contribution >= 4 is 10.1 Å². The van der Waals surface area contributed by atoms with Gasteiger partial charge in [-0.3, -0.25) is 4.55 Å². The number of aryl methyl sites for hydroxylation is 1. The van der Waals surface area contributed by atoms with Gasteiger partial charge in [0, 0.05) is 5.56 Å². The zero-order valence-corrected chi connectivity index (χ0v) is 13.3. The molecule has 2 N–H and O–H groups in total. The van der Waals surface area contributed by atoms with E-state index in [1.165, 1.54) is 6.07 Å². The highest BCUT2D eigenvalue weighted by Gasteiger charge is 2.22. The Bertz CT molecular complexity index is 819. The average molecular weight is 318 g/mol. The maximum Gasteiger partial charge on any atom is 0.298 e. The van der Waals surface area contributed by atoms with Crippen LogP contribution in [-0.4, -0.2) is 18.1 Å². The first-order chi connectivity index (χ1) is 10.3. The normalized spacial score (nSPS) is 11.4. The van der Waals surface area contributed by atoms with Gasteiger partial charge < -0.3 is 5.11 Å². The summed E-state index contributed by atoms with van der Waals surface area (Å²) in [4.78, 5) is -0.481. The molecule has 0 aliphatic rings. The number of allylic oxidation sites excluding steroid dienone is 1. The third-order valence-corrected chi connectivity index (χ3v) is 4.51. The molecule has 2 rings (SSSR count). The van der Waals surface area contributed by atoms with Crippen LogP contribution >= 0.6 is 0 Å². The molecule has 0 heterocycles. The minimum Gasteiger partial charge on any atom is -0.506 e. The Hall–Kier alpha value is -2.11. The first-order valence-corrected chi connectivity index (χ1v) is 8.20. The van der Waals surface area contributed by atoms with Crippen LogP contribution < -0.4 is 0 Å². The van der Waals surface area contributed by atoms with E-state index < -0.39 is 20.8 Å². The molecule has 2 aromatic rings. The smallest absolute Gasteiger partial charge is 0.298 e. The van der Waals surface area contributed by atoms with Crippen molar-refractivity contribution in [3.8, 4) is 16.9 Å². The molecule has 0 aliphatic carbocycles. The number of rotatable bonds is 4. The van der Waals surface area contributed by atoms with E-state index in [4.69, 9.17) is 0 Å². The predicted octanol–water partition coefficient (Wildman–Crippen LogP) is 3.65. The first kappa shape index (κ1) is 16.3. The molecule has 0 fully saturated rings. The highest BCUT2D eigenvalue weighted by atomic mass is 32.2. The van der Waals surface area contributed by atoms with Gasteiger partial charge >= 0.3 is 0 Å². The summed E-state index contributed by atoms with van der Waals surface area (Å²) in [7, 11) is -4.51. The van der Waals surface area contributed by atoms with E-state index in [2.05, 4.69) is 6.58 Å². The molecule has 0 atom stereocenters. The SMILES string of the molecule is C=CCc1c(C)c(-c2ccc(C)cc2)cc(S(=O)(=O)O)c1O. The monoisotopic (exact) mass is 318 g/mol. The quantitative estimate of drug-likeness (QED) is 0.666. The van der Waals surface area contributed by atoms with Gasteiger partial charge in [-0.05, 0) is 43.0 Å². The van der Waals surface area contributed by atoms with Gasteiger partial charge in [-0.25, -0.2) is 0 Å². The van der Waals surface area contributed by atoms with Gasteiger partial charge in [0.05, 0.1) is 0 Å². The summed E-state index contributed by atoms with van der Waals surface area (Å²) in [6, 6.07) is 8.89. The number of benzene rings is 2. The molecule has 0 radical (unpaired) electrons. The Kier molecular flexibility index (Phi) is 4.39. The zero-order valence-electron chi connectivity index (χ0n) is 12.5. The lowest BCUT2D eigenvalue weighted by Crippen LogP contribution is -2.03. The number of phenols is 1. The molecule has 2 aromatic carbocycles. The number of hydrogen-bond acceptors (Lipinski definition) is 3. The van der Waals surface area contributed by atoms with Crippen LogP contribution in [0.5, 0.6) is 5.75 Å². The molecule has 0 amide bonds. The zero-order chi connectivity index (χ0) is 16.5. The third kappa shape index (κ3) is 3.05. The van der Waals surface area contributed by atoms with Crippen LogP contribution in [0.25, 0.3) is 11.1 Å². The largest absolute Gasteiger partial charge is 0.506 e. The fourth-order valence-corrected chi connectivity index (χ4v) is 3.05. The maximum absolute atomic E-state index is 11.5. The second-order valence-electron chi connectivity index (χ2n) is 5.21. The van der Waals surface area contributed by atoms with Crippen molar-refractivity contribution in [1.82, 2.24) is 0 Å². The second-order valence-corrected chi connectivity index (χ2v) is 6.60. The van der Waals surface area contributed by atoms with Gasteiger partial charge in [-0.1, -0.05) is 35.9 Å². The van der Waals surface area contributed by atoms with Crippen molar-refractivity contribution in [3.05, 3.63) is 59.7 Å². The summed E-state index contributed by atoms with van der Waals surface area (Å²) in [5.41, 5.74) is 3.76. The van der Waals surface area contributed by atoms with Gasteiger partial charge in [0.2, 0.25) is 0 Å². The van der Waals surface area contributed by atoms with E-state index in [9.17, 15) is 18.1 Å². The minimum absolute atomic E-state index is 0.305. The lowest BCUT2D eigenvalue weighted by Gasteiger charge is -2.15. The first-order valence-electron chi connectivity index (χ1n) is 6.76. The molecule has 0 aromatic heterocycles. The number of phenolic OH excluding ortho intramolecular Hbond substituents is 1. The molecule has 0 aliphatic heterocycles. The summed E-state index contributed by atoms with van der Waals surface area (Å²) < 4.78 is 32.4. The van der Waals surface area contributed by atoms with Crippen LogP contribution in [0.1, 0.15) is 16.7 Å². The summed E-state index contributed by atoms with van der Waals surface area (Å²) >= 11 is 0. The van der Waals surface area contributed by atoms with Crippen LogP contribution in [0.15, 0.2) is 47.9 Å². The Morgan fingerprint density at radius 3 is 2.27 bits per heavy atom. The van der Waals surface area contributed by atoms with Crippen molar-refractivity contribution in [2.24, 2.45) is 0 Å². The van der Waals surface area contributed by atoms with Crippen LogP contribution in [0.2, 0.25) is 0 Å². The van der Waals surface area contributed by atoms with Crippen molar-refractivity contribution in [3.63, 3.8) is 0 Å². The van der Waals surface area contributed by atoms with E-state index in [1.54, 1.807) is 6.08 Å². The number of hydrogen-bond donors (Lipinski definition) is 2. The summed E-state index contributed by atoms with van der Waals surface area (Å²) in [5, 5.41) is 10.2. The lowest BCUT2D eigenvalue weighted by molar-refractivity contribution is 0.438. The molecule has 116 valence electrons. The van der Waals surface area contributed by atoms with Gasteiger partial charge in [0.25, 0.3) is 10.1 Å². The van der Waals surface area contributed by atoms with E-state index in [0.717, 1.165) is 16.7 Å². The predicted molar refractivity (Wildman–Crippen MR) is 86.7 cm³/mol. The second kappa shape index (κ2) is 5.94. The summed E-state index contributed by atoms with van der Waals surface area (Å²) in [6.07, 6.45) is 1.88. The molecule has 22 heavy (non-hydrogen) atoms. The Morgan fingerprint density at radius 1 is 1.18 bits per heavy atom. The lowest BCUT2D eigenvalue weighted by atomic mass is 9.93. The van der Waals surface area contributed by atoms with Gasteiger partial charge in [0.15, 0.2) is 0 Å². The van der Waals surface area contributed by atoms with Crippen molar-refractivity contribution < 1.29 is 18.1 Å². The van der Waals surface area contributed by atoms with E-state index in [0.29, 0.717) is 17.5 Å². The Morgan fingerprint density at radius 2 is 1.77 bits per heavy atom. The molecule has 0 bridgehead atoms. The van der Waals surface area contributed by atoms with E-state index >= 15 is 0 Å². The third-order valence-electron chi connectivity index (χ3n) is 3.64. The van der Waals surface area contributed by atoms with Crippen molar-refractivity contribution in [1.29, 1.82) is 0 Å². The van der Waals surface area contributed by atoms with Gasteiger partial charge in [0.1, 0.15) is 10.6 Å². The van der Waals surface area contributed by atoms with Crippen molar-refractivity contribution in [2.75, 3.05) is 0 Å². The fourth-order valence-electron chi connectivity index (χ4n) is 2.42.